The minimum atomic E-state index is -0.355. The summed E-state index contributed by atoms with van der Waals surface area (Å²) in [6, 6.07) is 6.27. The Morgan fingerprint density at radius 3 is 2.93 bits per heavy atom. The van der Waals surface area contributed by atoms with Crippen molar-refractivity contribution in [1.29, 1.82) is 5.26 Å². The Kier molecular flexibility index (Phi) is 6.20. The van der Waals surface area contributed by atoms with Gasteiger partial charge in [-0.3, -0.25) is 4.79 Å². The molecule has 28 heavy (non-hydrogen) atoms. The van der Waals surface area contributed by atoms with Crippen LogP contribution in [-0.4, -0.2) is 23.3 Å². The average molecular weight is 399 g/mol. The van der Waals surface area contributed by atoms with Gasteiger partial charge in [0.25, 0.3) is 0 Å². The van der Waals surface area contributed by atoms with Crippen molar-refractivity contribution in [3.05, 3.63) is 52.0 Å². The number of fused-ring (bicyclic) bond motifs is 1. The van der Waals surface area contributed by atoms with Crippen molar-refractivity contribution >= 4 is 17.7 Å². The van der Waals surface area contributed by atoms with Gasteiger partial charge in [-0.15, -0.1) is 0 Å². The van der Waals surface area contributed by atoms with Gasteiger partial charge in [0, 0.05) is 11.3 Å². The number of halogens is 1. The maximum Gasteiger partial charge on any atom is 0.230 e. The first-order valence-electron chi connectivity index (χ1n) is 9.13. The lowest BCUT2D eigenvalue weighted by Crippen LogP contribution is -2.30. The van der Waals surface area contributed by atoms with Crippen molar-refractivity contribution in [2.75, 3.05) is 12.4 Å². The Hall–Kier alpha value is -2.59. The number of pyridine rings is 1. The Morgan fingerprint density at radius 1 is 1.39 bits per heavy atom. The van der Waals surface area contributed by atoms with Crippen molar-refractivity contribution in [3.63, 3.8) is 0 Å². The van der Waals surface area contributed by atoms with Crippen LogP contribution in [0.25, 0.3) is 0 Å². The van der Waals surface area contributed by atoms with Crippen molar-refractivity contribution < 1.29 is 13.9 Å². The van der Waals surface area contributed by atoms with Crippen LogP contribution in [0.5, 0.6) is 5.75 Å². The van der Waals surface area contributed by atoms with Gasteiger partial charge >= 0.3 is 0 Å². The summed E-state index contributed by atoms with van der Waals surface area (Å²) in [4.78, 5) is 17.0. The number of hydrogen-bond acceptors (Lipinski definition) is 5. The van der Waals surface area contributed by atoms with Crippen LogP contribution in [0.1, 0.15) is 46.8 Å². The number of nitrogens with one attached hydrogen (secondary N) is 1. The Balaban J connectivity index is 1.72. The third kappa shape index (κ3) is 4.28. The summed E-state index contributed by atoms with van der Waals surface area (Å²) in [6.45, 7) is 6.26. The third-order valence-electron chi connectivity index (χ3n) is 4.99. The van der Waals surface area contributed by atoms with Gasteiger partial charge in [-0.25, -0.2) is 9.37 Å². The van der Waals surface area contributed by atoms with E-state index in [0.717, 1.165) is 23.2 Å². The monoisotopic (exact) mass is 399 g/mol. The highest BCUT2D eigenvalue weighted by Gasteiger charge is 2.23. The molecule has 1 aliphatic heterocycles. The number of nitrogens with zero attached hydrogens (tertiary/aromatic N) is 2. The molecule has 2 heterocycles. The molecule has 146 valence electrons. The smallest absolute Gasteiger partial charge is 0.230 e. The van der Waals surface area contributed by atoms with Crippen LogP contribution in [0.3, 0.4) is 0 Å². The number of carbonyl (C=O) groups is 1. The number of aromatic nitrogens is 1. The van der Waals surface area contributed by atoms with E-state index >= 15 is 0 Å². The van der Waals surface area contributed by atoms with Crippen molar-refractivity contribution in [2.45, 2.75) is 44.7 Å². The summed E-state index contributed by atoms with van der Waals surface area (Å²) in [5.74, 6) is 0.195. The van der Waals surface area contributed by atoms with Gasteiger partial charge in [0.1, 0.15) is 22.7 Å². The SMILES string of the molecule is Cc1nc(SCC(=O)N[C@H]2CCCOc3ccc(F)cc32)c(C#N)c(C)c1C. The van der Waals surface area contributed by atoms with E-state index in [-0.39, 0.29) is 23.5 Å². The molecule has 1 atom stereocenters. The Morgan fingerprint density at radius 2 is 2.18 bits per heavy atom. The van der Waals surface area contributed by atoms with Gasteiger partial charge in [0.15, 0.2) is 0 Å². The van der Waals surface area contributed by atoms with Gasteiger partial charge in [-0.05, 0) is 62.9 Å². The molecule has 0 fully saturated rings. The number of amides is 1. The van der Waals surface area contributed by atoms with E-state index in [2.05, 4.69) is 16.4 Å². The molecule has 1 aromatic heterocycles. The Bertz CT molecular complexity index is 956. The molecular weight excluding hydrogens is 377 g/mol. The summed E-state index contributed by atoms with van der Waals surface area (Å²) in [5, 5.41) is 13.0. The first kappa shape index (κ1) is 20.2. The van der Waals surface area contributed by atoms with Crippen LogP contribution in [-0.2, 0) is 4.79 Å². The standard InChI is InChI=1S/C21H22FN3O2S/c1-12-13(2)17(10-23)21(24-14(12)3)28-11-20(26)25-18-5-4-8-27-19-7-6-15(22)9-16(18)19/h6-7,9,18H,4-5,8,11H2,1-3H3,(H,25,26)/t18-/m0/s1. The molecule has 0 bridgehead atoms. The van der Waals surface area contributed by atoms with Crippen LogP contribution >= 0.6 is 11.8 Å². The summed E-state index contributed by atoms with van der Waals surface area (Å²) in [7, 11) is 0. The minimum absolute atomic E-state index is 0.131. The molecule has 1 aromatic carbocycles. The van der Waals surface area contributed by atoms with E-state index in [0.29, 0.717) is 34.9 Å². The second kappa shape index (κ2) is 8.61. The largest absolute Gasteiger partial charge is 0.493 e. The molecule has 1 N–H and O–H groups in total. The van der Waals surface area contributed by atoms with Crippen LogP contribution in [0, 0.1) is 37.9 Å². The normalized spacial score (nSPS) is 15.8. The Labute approximate surface area is 168 Å². The van der Waals surface area contributed by atoms with Crippen LogP contribution in [0.4, 0.5) is 4.39 Å². The third-order valence-corrected chi connectivity index (χ3v) is 5.97. The van der Waals surface area contributed by atoms with Gasteiger partial charge < -0.3 is 10.1 Å². The molecule has 3 rings (SSSR count). The molecule has 1 amide bonds. The minimum Gasteiger partial charge on any atom is -0.493 e. The van der Waals surface area contributed by atoms with E-state index in [4.69, 9.17) is 4.74 Å². The molecule has 0 radical (unpaired) electrons. The molecule has 0 unspecified atom stereocenters. The lowest BCUT2D eigenvalue weighted by atomic mass is 10.0. The average Bonchev–Trinajstić information content (AvgIpc) is 2.86. The summed E-state index contributed by atoms with van der Waals surface area (Å²) < 4.78 is 19.3. The molecule has 0 saturated carbocycles. The predicted octanol–water partition coefficient (Wildman–Crippen LogP) is 4.14. The van der Waals surface area contributed by atoms with Crippen LogP contribution < -0.4 is 10.1 Å². The molecule has 5 nitrogen and oxygen atoms in total. The first-order chi connectivity index (χ1) is 13.4. The zero-order valence-electron chi connectivity index (χ0n) is 16.1. The number of ether oxygens (including phenoxy) is 1. The quantitative estimate of drug-likeness (QED) is 0.782. The second-order valence-electron chi connectivity index (χ2n) is 6.82. The number of nitriles is 1. The van der Waals surface area contributed by atoms with Gasteiger partial charge in [-0.2, -0.15) is 5.26 Å². The number of rotatable bonds is 4. The van der Waals surface area contributed by atoms with Crippen LogP contribution in [0.2, 0.25) is 0 Å². The summed E-state index contributed by atoms with van der Waals surface area (Å²) >= 11 is 1.24. The summed E-state index contributed by atoms with van der Waals surface area (Å²) in [5.41, 5.74) is 3.90. The fourth-order valence-electron chi connectivity index (χ4n) is 3.22. The molecule has 0 spiro atoms. The maximum atomic E-state index is 13.7. The molecule has 7 heteroatoms. The van der Waals surface area contributed by atoms with Crippen molar-refractivity contribution in [1.82, 2.24) is 10.3 Å². The highest BCUT2D eigenvalue weighted by atomic mass is 32.2. The number of hydrogen-bond donors (Lipinski definition) is 1. The van der Waals surface area contributed by atoms with E-state index < -0.39 is 0 Å². The summed E-state index contributed by atoms with van der Waals surface area (Å²) in [6.07, 6.45) is 1.45. The zero-order chi connectivity index (χ0) is 20.3. The van der Waals surface area contributed by atoms with E-state index in [1.165, 1.54) is 23.9 Å². The lowest BCUT2D eigenvalue weighted by Gasteiger charge is -2.18. The molecule has 2 aromatic rings. The fourth-order valence-corrected chi connectivity index (χ4v) is 4.11. The molecular formula is C21H22FN3O2S. The number of thioether (sulfide) groups is 1. The predicted molar refractivity (Wildman–Crippen MR) is 106 cm³/mol. The molecule has 0 saturated heterocycles. The molecule has 0 aliphatic carbocycles. The maximum absolute atomic E-state index is 13.7. The van der Waals surface area contributed by atoms with E-state index in [9.17, 15) is 14.4 Å². The highest BCUT2D eigenvalue weighted by molar-refractivity contribution is 8.00. The fraction of sp³-hybridized carbons (Fsp3) is 0.381. The van der Waals surface area contributed by atoms with E-state index in [1.807, 2.05) is 20.8 Å². The highest BCUT2D eigenvalue weighted by Crippen LogP contribution is 2.32. The van der Waals surface area contributed by atoms with Gasteiger partial charge in [0.2, 0.25) is 5.91 Å². The number of aryl methyl sites for hydroxylation is 1. The number of carbonyl (C=O) groups excluding carboxylic acids is 1. The number of benzene rings is 1. The lowest BCUT2D eigenvalue weighted by molar-refractivity contribution is -0.119. The van der Waals surface area contributed by atoms with Gasteiger partial charge in [0.05, 0.1) is 24.0 Å². The molecule has 1 aliphatic rings. The van der Waals surface area contributed by atoms with Crippen molar-refractivity contribution in [3.8, 4) is 11.8 Å². The second-order valence-corrected chi connectivity index (χ2v) is 7.78. The van der Waals surface area contributed by atoms with Gasteiger partial charge in [-0.1, -0.05) is 11.8 Å². The first-order valence-corrected chi connectivity index (χ1v) is 10.1. The zero-order valence-corrected chi connectivity index (χ0v) is 17.0. The topological polar surface area (TPSA) is 75.0 Å². The van der Waals surface area contributed by atoms with E-state index in [1.54, 1.807) is 6.07 Å². The van der Waals surface area contributed by atoms with Crippen molar-refractivity contribution in [2.24, 2.45) is 0 Å². The van der Waals surface area contributed by atoms with Crippen LogP contribution in [0.15, 0.2) is 23.2 Å².